The van der Waals surface area contributed by atoms with Gasteiger partial charge in [-0.05, 0) is 80.6 Å². The van der Waals surface area contributed by atoms with Crippen LogP contribution in [-0.4, -0.2) is 44.8 Å². The number of anilines is 3. The van der Waals surface area contributed by atoms with E-state index < -0.39 is 12.1 Å². The molecule has 0 saturated carbocycles. The fraction of sp³-hybridized carbons (Fsp3) is 0.500. The van der Waals surface area contributed by atoms with E-state index in [1.165, 1.54) is 5.56 Å². The molecule has 1 amide bonds. The number of alkyl halides is 3. The van der Waals surface area contributed by atoms with Crippen molar-refractivity contribution in [2.75, 3.05) is 42.9 Å². The second kappa shape index (κ2) is 11.1. The first kappa shape index (κ1) is 24.4. The fourth-order valence-electron chi connectivity index (χ4n) is 4.67. The van der Waals surface area contributed by atoms with Crippen molar-refractivity contribution in [3.63, 3.8) is 0 Å². The van der Waals surface area contributed by atoms with Gasteiger partial charge in [0.05, 0.1) is 11.8 Å². The molecular formula is C26H33F3N4O. The molecule has 2 aromatic carbocycles. The summed E-state index contributed by atoms with van der Waals surface area (Å²) in [5, 5.41) is 9.62. The first-order valence-corrected chi connectivity index (χ1v) is 12.1. The van der Waals surface area contributed by atoms with Crippen molar-refractivity contribution in [2.24, 2.45) is 11.8 Å². The highest BCUT2D eigenvalue weighted by Gasteiger charge is 2.41. The average Bonchev–Trinajstić information content (AvgIpc) is 3.38. The number of piperidine rings is 1. The van der Waals surface area contributed by atoms with Crippen molar-refractivity contribution < 1.29 is 18.0 Å². The molecule has 2 fully saturated rings. The lowest BCUT2D eigenvalue weighted by atomic mass is 9.96. The Hall–Kier alpha value is -2.74. The fourth-order valence-corrected chi connectivity index (χ4v) is 4.67. The van der Waals surface area contributed by atoms with Gasteiger partial charge in [0.1, 0.15) is 0 Å². The van der Waals surface area contributed by atoms with Crippen molar-refractivity contribution in [1.82, 2.24) is 10.6 Å². The number of nitrogens with zero attached hydrogens (tertiary/aromatic N) is 1. The standard InChI is InChI=1S/C26H33F3N4O/c27-26(28,29)21-12-16-33(17-13-21)24-9-7-23(8-10-24)32-22-5-3-19(4-6-22)2-1-14-31-25(34)20-11-15-30-18-20/h3-10,20-21,30,32H,1-2,11-18H2,(H,31,34). The minimum Gasteiger partial charge on any atom is -0.372 e. The van der Waals surface area contributed by atoms with Gasteiger partial charge in [0.2, 0.25) is 5.91 Å². The van der Waals surface area contributed by atoms with Crippen LogP contribution in [0.5, 0.6) is 0 Å². The van der Waals surface area contributed by atoms with Gasteiger partial charge in [0, 0.05) is 43.2 Å². The van der Waals surface area contributed by atoms with E-state index in [1.54, 1.807) is 0 Å². The Morgan fingerprint density at radius 1 is 0.971 bits per heavy atom. The largest absolute Gasteiger partial charge is 0.391 e. The van der Waals surface area contributed by atoms with E-state index in [2.05, 4.69) is 28.1 Å². The Bertz CT molecular complexity index is 917. The maximum atomic E-state index is 12.9. The Kier molecular flexibility index (Phi) is 7.98. The highest BCUT2D eigenvalue weighted by Crippen LogP contribution is 2.35. The second-order valence-electron chi connectivity index (χ2n) is 9.26. The number of benzene rings is 2. The number of hydrogen-bond donors (Lipinski definition) is 3. The van der Waals surface area contributed by atoms with Crippen LogP contribution in [0.4, 0.5) is 30.2 Å². The lowest BCUT2D eigenvalue weighted by Crippen LogP contribution is -2.38. The van der Waals surface area contributed by atoms with Gasteiger partial charge in [0.15, 0.2) is 0 Å². The smallest absolute Gasteiger partial charge is 0.372 e. The summed E-state index contributed by atoms with van der Waals surface area (Å²) in [6, 6.07) is 16.1. The van der Waals surface area contributed by atoms with Crippen LogP contribution in [0.1, 0.15) is 31.2 Å². The van der Waals surface area contributed by atoms with E-state index in [0.717, 1.165) is 49.4 Å². The van der Waals surface area contributed by atoms with Crippen molar-refractivity contribution in [3.8, 4) is 0 Å². The minimum atomic E-state index is -4.09. The zero-order valence-corrected chi connectivity index (χ0v) is 19.3. The predicted molar refractivity (Wildman–Crippen MR) is 129 cm³/mol. The van der Waals surface area contributed by atoms with E-state index in [9.17, 15) is 18.0 Å². The van der Waals surface area contributed by atoms with Gasteiger partial charge < -0.3 is 20.9 Å². The number of carbonyl (C=O) groups is 1. The summed E-state index contributed by atoms with van der Waals surface area (Å²) in [4.78, 5) is 14.1. The van der Waals surface area contributed by atoms with E-state index in [4.69, 9.17) is 0 Å². The molecule has 8 heteroatoms. The molecule has 4 rings (SSSR count). The van der Waals surface area contributed by atoms with Gasteiger partial charge in [0.25, 0.3) is 0 Å². The first-order chi connectivity index (χ1) is 16.4. The molecule has 2 saturated heterocycles. The summed E-state index contributed by atoms with van der Waals surface area (Å²) in [6.07, 6.45) is -1.05. The lowest BCUT2D eigenvalue weighted by molar-refractivity contribution is -0.179. The van der Waals surface area contributed by atoms with Crippen LogP contribution in [0.3, 0.4) is 0 Å². The molecule has 0 radical (unpaired) electrons. The Labute approximate surface area is 199 Å². The topological polar surface area (TPSA) is 56.4 Å². The summed E-state index contributed by atoms with van der Waals surface area (Å²) in [5.41, 5.74) is 4.09. The number of amides is 1. The maximum absolute atomic E-state index is 12.9. The van der Waals surface area contributed by atoms with Crippen LogP contribution < -0.4 is 20.9 Å². The molecule has 0 spiro atoms. The molecule has 0 aromatic heterocycles. The van der Waals surface area contributed by atoms with Crippen LogP contribution in [0.25, 0.3) is 0 Å². The van der Waals surface area contributed by atoms with Gasteiger partial charge in [-0.2, -0.15) is 13.2 Å². The van der Waals surface area contributed by atoms with Crippen LogP contribution in [0.2, 0.25) is 0 Å². The van der Waals surface area contributed by atoms with Crippen LogP contribution >= 0.6 is 0 Å². The molecule has 2 heterocycles. The Morgan fingerprint density at radius 3 is 2.21 bits per heavy atom. The van der Waals surface area contributed by atoms with Gasteiger partial charge in [-0.25, -0.2) is 0 Å². The van der Waals surface area contributed by atoms with E-state index in [1.807, 2.05) is 41.3 Å². The number of halogens is 3. The second-order valence-corrected chi connectivity index (χ2v) is 9.26. The van der Waals surface area contributed by atoms with E-state index in [0.29, 0.717) is 19.6 Å². The molecule has 184 valence electrons. The summed E-state index contributed by atoms with van der Waals surface area (Å²) in [6.45, 7) is 3.26. The third-order valence-electron chi connectivity index (χ3n) is 6.81. The monoisotopic (exact) mass is 474 g/mol. The highest BCUT2D eigenvalue weighted by molar-refractivity contribution is 5.79. The summed E-state index contributed by atoms with van der Waals surface area (Å²) >= 11 is 0. The summed E-state index contributed by atoms with van der Waals surface area (Å²) < 4.78 is 38.6. The normalized spacial score (nSPS) is 19.3. The average molecular weight is 475 g/mol. The van der Waals surface area contributed by atoms with Crippen molar-refractivity contribution in [3.05, 3.63) is 54.1 Å². The Balaban J connectivity index is 1.19. The minimum absolute atomic E-state index is 0.112. The third kappa shape index (κ3) is 6.65. The molecule has 1 atom stereocenters. The summed E-state index contributed by atoms with van der Waals surface area (Å²) in [7, 11) is 0. The molecule has 0 bridgehead atoms. The van der Waals surface area contributed by atoms with Crippen molar-refractivity contribution in [2.45, 2.75) is 38.3 Å². The number of hydrogen-bond acceptors (Lipinski definition) is 4. The van der Waals surface area contributed by atoms with Gasteiger partial charge in [-0.1, -0.05) is 12.1 Å². The molecule has 2 aromatic rings. The Morgan fingerprint density at radius 2 is 1.62 bits per heavy atom. The zero-order valence-electron chi connectivity index (χ0n) is 19.3. The summed E-state index contributed by atoms with van der Waals surface area (Å²) in [5.74, 6) is -0.914. The maximum Gasteiger partial charge on any atom is 0.391 e. The SMILES string of the molecule is O=C(NCCCc1ccc(Nc2ccc(N3CCC(C(F)(F)F)CC3)cc2)cc1)C1CCNC1. The van der Waals surface area contributed by atoms with Crippen LogP contribution in [0.15, 0.2) is 48.5 Å². The molecule has 3 N–H and O–H groups in total. The molecule has 2 aliphatic rings. The first-order valence-electron chi connectivity index (χ1n) is 12.1. The van der Waals surface area contributed by atoms with E-state index >= 15 is 0 Å². The molecule has 5 nitrogen and oxygen atoms in total. The number of aryl methyl sites for hydroxylation is 1. The zero-order chi connectivity index (χ0) is 24.0. The lowest BCUT2D eigenvalue weighted by Gasteiger charge is -2.34. The van der Waals surface area contributed by atoms with Gasteiger partial charge in [-0.3, -0.25) is 4.79 Å². The van der Waals surface area contributed by atoms with Gasteiger partial charge in [-0.15, -0.1) is 0 Å². The van der Waals surface area contributed by atoms with Crippen molar-refractivity contribution >= 4 is 23.0 Å². The van der Waals surface area contributed by atoms with Crippen molar-refractivity contribution in [1.29, 1.82) is 0 Å². The molecule has 0 aliphatic carbocycles. The van der Waals surface area contributed by atoms with Crippen LogP contribution in [-0.2, 0) is 11.2 Å². The molecular weight excluding hydrogens is 441 g/mol. The predicted octanol–water partition coefficient (Wildman–Crippen LogP) is 4.87. The quantitative estimate of drug-likeness (QED) is 0.478. The van der Waals surface area contributed by atoms with E-state index in [-0.39, 0.29) is 24.7 Å². The number of nitrogens with one attached hydrogen (secondary N) is 3. The molecule has 34 heavy (non-hydrogen) atoms. The molecule has 2 aliphatic heterocycles. The number of carbonyl (C=O) groups excluding carboxylic acids is 1. The van der Waals surface area contributed by atoms with Gasteiger partial charge >= 0.3 is 6.18 Å². The van der Waals surface area contributed by atoms with Crippen LogP contribution in [0, 0.1) is 11.8 Å². The third-order valence-corrected chi connectivity index (χ3v) is 6.81. The highest BCUT2D eigenvalue weighted by atomic mass is 19.4. The number of rotatable bonds is 8. The molecule has 1 unspecified atom stereocenters.